The van der Waals surface area contributed by atoms with Crippen LogP contribution in [0.1, 0.15) is 32.8 Å². The molecule has 0 saturated carbocycles. The van der Waals surface area contributed by atoms with Crippen molar-refractivity contribution in [1.29, 1.82) is 0 Å². The maximum absolute atomic E-state index is 5.41. The van der Waals surface area contributed by atoms with Crippen molar-refractivity contribution in [2.45, 2.75) is 33.7 Å². The van der Waals surface area contributed by atoms with Crippen molar-refractivity contribution in [3.8, 4) is 11.5 Å². The van der Waals surface area contributed by atoms with Crippen LogP contribution >= 0.6 is 24.0 Å². The zero-order valence-corrected chi connectivity index (χ0v) is 17.8. The predicted molar refractivity (Wildman–Crippen MR) is 113 cm³/mol. The maximum Gasteiger partial charge on any atom is 0.231 e. The molecular weight excluding hydrogens is 431 g/mol. The van der Waals surface area contributed by atoms with Crippen LogP contribution < -0.4 is 20.1 Å². The number of nitrogens with one attached hydrogen (secondary N) is 2. The Hall–Kier alpha value is -1.22. The number of likely N-dealkylation sites (N-methyl/N-ethyl adjacent to an activating group) is 1. The fourth-order valence-electron chi connectivity index (χ4n) is 2.63. The number of ether oxygens (including phenoxy) is 2. The molecule has 0 atom stereocenters. The molecule has 1 aromatic rings. The molecule has 1 aromatic carbocycles. The Kier molecular flexibility index (Phi) is 10.6. The van der Waals surface area contributed by atoms with Gasteiger partial charge in [0.15, 0.2) is 17.5 Å². The highest BCUT2D eigenvalue weighted by Gasteiger charge is 2.12. The smallest absolute Gasteiger partial charge is 0.231 e. The van der Waals surface area contributed by atoms with Gasteiger partial charge in [-0.2, -0.15) is 0 Å². The van der Waals surface area contributed by atoms with Gasteiger partial charge in [-0.1, -0.05) is 19.9 Å². The van der Waals surface area contributed by atoms with Gasteiger partial charge in [0.05, 0.1) is 6.54 Å². The first-order valence-electron chi connectivity index (χ1n) is 8.89. The summed E-state index contributed by atoms with van der Waals surface area (Å²) < 4.78 is 10.7. The van der Waals surface area contributed by atoms with Gasteiger partial charge >= 0.3 is 0 Å². The van der Waals surface area contributed by atoms with E-state index < -0.39 is 0 Å². The molecule has 1 aliphatic heterocycles. The van der Waals surface area contributed by atoms with Gasteiger partial charge in [0.1, 0.15) is 0 Å². The topological polar surface area (TPSA) is 58.1 Å². The van der Waals surface area contributed by atoms with E-state index in [9.17, 15) is 0 Å². The second kappa shape index (κ2) is 12.2. The lowest BCUT2D eigenvalue weighted by atomic mass is 10.2. The molecule has 0 fully saturated rings. The van der Waals surface area contributed by atoms with Gasteiger partial charge in [-0.3, -0.25) is 0 Å². The van der Waals surface area contributed by atoms with E-state index in [1.165, 1.54) is 6.42 Å². The Labute approximate surface area is 168 Å². The summed E-state index contributed by atoms with van der Waals surface area (Å²) in [7, 11) is 0. The van der Waals surface area contributed by atoms with E-state index in [-0.39, 0.29) is 24.0 Å². The number of rotatable bonds is 9. The van der Waals surface area contributed by atoms with E-state index in [1.807, 2.05) is 18.2 Å². The van der Waals surface area contributed by atoms with Crippen LogP contribution in [0.5, 0.6) is 11.5 Å². The third-order valence-corrected chi connectivity index (χ3v) is 3.91. The van der Waals surface area contributed by atoms with Crippen LogP contribution in [-0.4, -0.2) is 50.4 Å². The van der Waals surface area contributed by atoms with Gasteiger partial charge in [-0.25, -0.2) is 4.99 Å². The Morgan fingerprint density at radius 2 is 1.92 bits per heavy atom. The molecule has 0 spiro atoms. The number of fused-ring (bicyclic) bond motifs is 1. The predicted octanol–water partition coefficient (Wildman–Crippen LogP) is 2.82. The van der Waals surface area contributed by atoms with Crippen LogP contribution in [0.4, 0.5) is 0 Å². The third kappa shape index (κ3) is 7.27. The lowest BCUT2D eigenvalue weighted by molar-refractivity contribution is 0.174. The lowest BCUT2D eigenvalue weighted by Crippen LogP contribution is -2.41. The van der Waals surface area contributed by atoms with E-state index in [0.717, 1.165) is 55.7 Å². The fourth-order valence-corrected chi connectivity index (χ4v) is 2.63. The number of nitrogens with zero attached hydrogens (tertiary/aromatic N) is 2. The zero-order chi connectivity index (χ0) is 17.2. The van der Waals surface area contributed by atoms with Gasteiger partial charge in [-0.15, -0.1) is 24.0 Å². The van der Waals surface area contributed by atoms with Crippen molar-refractivity contribution < 1.29 is 9.47 Å². The monoisotopic (exact) mass is 462 g/mol. The van der Waals surface area contributed by atoms with Gasteiger partial charge < -0.3 is 25.0 Å². The minimum atomic E-state index is 0. The number of guanidine groups is 1. The molecule has 7 heteroatoms. The number of hydrogen-bond acceptors (Lipinski definition) is 4. The van der Waals surface area contributed by atoms with Crippen molar-refractivity contribution in [2.75, 3.05) is 39.5 Å². The molecule has 1 heterocycles. The highest BCUT2D eigenvalue weighted by atomic mass is 127. The molecule has 0 amide bonds. The van der Waals surface area contributed by atoms with E-state index in [2.05, 4.69) is 41.3 Å². The van der Waals surface area contributed by atoms with E-state index in [4.69, 9.17) is 9.47 Å². The van der Waals surface area contributed by atoms with Crippen LogP contribution in [0, 0.1) is 0 Å². The quantitative estimate of drug-likeness (QED) is 0.336. The fraction of sp³-hybridized carbons (Fsp3) is 0.611. The summed E-state index contributed by atoms with van der Waals surface area (Å²) in [5.41, 5.74) is 1.11. The second-order valence-corrected chi connectivity index (χ2v) is 5.74. The summed E-state index contributed by atoms with van der Waals surface area (Å²) in [4.78, 5) is 7.10. The summed E-state index contributed by atoms with van der Waals surface area (Å²) in [5, 5.41) is 6.70. The zero-order valence-electron chi connectivity index (χ0n) is 15.5. The normalized spacial score (nSPS) is 12.9. The first-order chi connectivity index (χ1) is 11.8. The highest BCUT2D eigenvalue weighted by Crippen LogP contribution is 2.32. The van der Waals surface area contributed by atoms with Crippen molar-refractivity contribution in [3.05, 3.63) is 23.8 Å². The van der Waals surface area contributed by atoms with Gasteiger partial charge in [0.2, 0.25) is 6.79 Å². The number of halogens is 1. The third-order valence-electron chi connectivity index (χ3n) is 3.91. The molecule has 142 valence electrons. The van der Waals surface area contributed by atoms with Crippen LogP contribution in [0.25, 0.3) is 0 Å². The van der Waals surface area contributed by atoms with Crippen molar-refractivity contribution in [1.82, 2.24) is 15.5 Å². The van der Waals surface area contributed by atoms with Crippen molar-refractivity contribution >= 4 is 29.9 Å². The summed E-state index contributed by atoms with van der Waals surface area (Å²) in [6.07, 6.45) is 1.19. The average molecular weight is 462 g/mol. The van der Waals surface area contributed by atoms with Crippen LogP contribution in [0.2, 0.25) is 0 Å². The molecule has 6 nitrogen and oxygen atoms in total. The molecule has 2 rings (SSSR count). The molecule has 25 heavy (non-hydrogen) atoms. The highest BCUT2D eigenvalue weighted by molar-refractivity contribution is 14.0. The molecule has 2 N–H and O–H groups in total. The summed E-state index contributed by atoms with van der Waals surface area (Å²) in [5.74, 6) is 2.46. The minimum Gasteiger partial charge on any atom is -0.454 e. The summed E-state index contributed by atoms with van der Waals surface area (Å²) in [6.45, 7) is 12.4. The first kappa shape index (κ1) is 21.8. The summed E-state index contributed by atoms with van der Waals surface area (Å²) >= 11 is 0. The van der Waals surface area contributed by atoms with Crippen molar-refractivity contribution in [3.63, 3.8) is 0 Å². The molecular formula is C18H31IN4O2. The first-order valence-corrected chi connectivity index (χ1v) is 8.89. The second-order valence-electron chi connectivity index (χ2n) is 5.74. The standard InChI is InChI=1S/C18H30N4O2.HI/c1-4-10-22(6-3)11-9-20-18(19-5-2)21-13-15-7-8-16-17(12-15)24-14-23-16;/h7-8,12H,4-6,9-11,13-14H2,1-3H3,(H2,19,20,21);1H. The molecule has 0 saturated heterocycles. The minimum absolute atomic E-state index is 0. The Morgan fingerprint density at radius 1 is 1.12 bits per heavy atom. The molecule has 0 unspecified atom stereocenters. The average Bonchev–Trinajstić information content (AvgIpc) is 3.06. The SMILES string of the molecule is CCCN(CC)CCNC(=NCc1ccc2c(c1)OCO2)NCC.I. The van der Waals surface area contributed by atoms with Crippen molar-refractivity contribution in [2.24, 2.45) is 4.99 Å². The number of aliphatic imine (C=N–C) groups is 1. The molecule has 1 aliphatic rings. The maximum atomic E-state index is 5.41. The van der Waals surface area contributed by atoms with Crippen LogP contribution in [-0.2, 0) is 6.54 Å². The van der Waals surface area contributed by atoms with Gasteiger partial charge in [-0.05, 0) is 44.1 Å². The largest absolute Gasteiger partial charge is 0.454 e. The Bertz CT molecular complexity index is 540. The van der Waals surface area contributed by atoms with Gasteiger partial charge in [0.25, 0.3) is 0 Å². The van der Waals surface area contributed by atoms with E-state index in [1.54, 1.807) is 0 Å². The Balaban J connectivity index is 0.00000312. The van der Waals surface area contributed by atoms with Gasteiger partial charge in [0, 0.05) is 19.6 Å². The van der Waals surface area contributed by atoms with E-state index >= 15 is 0 Å². The molecule has 0 aliphatic carbocycles. The molecule has 0 bridgehead atoms. The van der Waals surface area contributed by atoms with Crippen LogP contribution in [0.15, 0.2) is 23.2 Å². The summed E-state index contributed by atoms with van der Waals surface area (Å²) in [6, 6.07) is 5.97. The molecule has 0 radical (unpaired) electrons. The lowest BCUT2D eigenvalue weighted by Gasteiger charge is -2.20. The van der Waals surface area contributed by atoms with Crippen LogP contribution in [0.3, 0.4) is 0 Å². The van der Waals surface area contributed by atoms with E-state index in [0.29, 0.717) is 13.3 Å². The number of benzene rings is 1. The number of hydrogen-bond donors (Lipinski definition) is 2. The Morgan fingerprint density at radius 3 is 2.64 bits per heavy atom. The molecule has 0 aromatic heterocycles.